The molecule has 0 aromatic heterocycles. The lowest BCUT2D eigenvalue weighted by molar-refractivity contribution is 0.102. The molecule has 0 aliphatic rings. The molecule has 0 radical (unpaired) electrons. The minimum atomic E-state index is -0.0570. The van der Waals surface area contributed by atoms with E-state index in [2.05, 4.69) is 12.2 Å². The van der Waals surface area contributed by atoms with Crippen molar-refractivity contribution in [3.8, 4) is 0 Å². The first-order chi connectivity index (χ1) is 9.74. The summed E-state index contributed by atoms with van der Waals surface area (Å²) in [6.07, 6.45) is 2.03. The van der Waals surface area contributed by atoms with Crippen LogP contribution in [-0.4, -0.2) is 17.9 Å². The maximum atomic E-state index is 12.3. The average molecular weight is 303 g/mol. The number of anilines is 1. The summed E-state index contributed by atoms with van der Waals surface area (Å²) in [6.45, 7) is 2.08. The van der Waals surface area contributed by atoms with E-state index in [0.717, 1.165) is 21.9 Å². The van der Waals surface area contributed by atoms with Crippen molar-refractivity contribution in [3.63, 3.8) is 0 Å². The van der Waals surface area contributed by atoms with Crippen LogP contribution in [0.2, 0.25) is 0 Å². The first-order valence-corrected chi connectivity index (χ1v) is 8.63. The van der Waals surface area contributed by atoms with Crippen LogP contribution >= 0.6 is 23.5 Å². The number of benzene rings is 2. The van der Waals surface area contributed by atoms with Crippen LogP contribution < -0.4 is 5.32 Å². The van der Waals surface area contributed by atoms with Crippen molar-refractivity contribution in [2.24, 2.45) is 0 Å². The fourth-order valence-corrected chi connectivity index (χ4v) is 3.02. The first-order valence-electron chi connectivity index (χ1n) is 6.42. The summed E-state index contributed by atoms with van der Waals surface area (Å²) in [4.78, 5) is 14.5. The van der Waals surface area contributed by atoms with Crippen LogP contribution in [0.5, 0.6) is 0 Å². The van der Waals surface area contributed by atoms with Gasteiger partial charge in [0.1, 0.15) is 0 Å². The lowest BCUT2D eigenvalue weighted by atomic mass is 10.2. The smallest absolute Gasteiger partial charge is 0.256 e. The molecule has 0 saturated heterocycles. The predicted octanol–water partition coefficient (Wildman–Crippen LogP) is 4.77. The summed E-state index contributed by atoms with van der Waals surface area (Å²) in [5.74, 6) is 0.894. The zero-order valence-corrected chi connectivity index (χ0v) is 13.2. The van der Waals surface area contributed by atoms with Gasteiger partial charge < -0.3 is 5.32 Å². The second-order valence-corrected chi connectivity index (χ2v) is 6.30. The van der Waals surface area contributed by atoms with Gasteiger partial charge in [-0.25, -0.2) is 0 Å². The van der Waals surface area contributed by atoms with E-state index in [-0.39, 0.29) is 5.91 Å². The maximum absolute atomic E-state index is 12.3. The Hall–Kier alpha value is -1.39. The van der Waals surface area contributed by atoms with Crippen molar-refractivity contribution >= 4 is 35.1 Å². The van der Waals surface area contributed by atoms with Gasteiger partial charge in [-0.1, -0.05) is 19.1 Å². The van der Waals surface area contributed by atoms with Gasteiger partial charge in [0.15, 0.2) is 0 Å². The molecule has 1 N–H and O–H groups in total. The van der Waals surface area contributed by atoms with Crippen LogP contribution in [0.25, 0.3) is 0 Å². The van der Waals surface area contributed by atoms with Gasteiger partial charge in [-0.3, -0.25) is 4.79 Å². The number of nitrogens with one attached hydrogen (secondary N) is 1. The van der Waals surface area contributed by atoms with Crippen molar-refractivity contribution in [1.29, 1.82) is 0 Å². The fourth-order valence-electron chi connectivity index (χ4n) is 1.81. The summed E-state index contributed by atoms with van der Waals surface area (Å²) in [6, 6.07) is 15.6. The molecule has 0 atom stereocenters. The molecule has 0 fully saturated rings. The van der Waals surface area contributed by atoms with Crippen LogP contribution in [-0.2, 0) is 0 Å². The molecular formula is C16H17NOS2. The third kappa shape index (κ3) is 3.81. The van der Waals surface area contributed by atoms with E-state index in [1.807, 2.05) is 54.8 Å². The molecule has 2 aromatic rings. The minimum absolute atomic E-state index is 0.0570. The Morgan fingerprint density at radius 1 is 1.10 bits per heavy atom. The van der Waals surface area contributed by atoms with E-state index in [4.69, 9.17) is 0 Å². The molecule has 4 heteroatoms. The predicted molar refractivity (Wildman–Crippen MR) is 89.0 cm³/mol. The van der Waals surface area contributed by atoms with Gasteiger partial charge in [-0.15, -0.1) is 23.5 Å². The molecule has 0 bridgehead atoms. The Labute approximate surface area is 128 Å². The molecule has 2 nitrogen and oxygen atoms in total. The summed E-state index contributed by atoms with van der Waals surface area (Å²) in [7, 11) is 0. The fraction of sp³-hybridized carbons (Fsp3) is 0.188. The minimum Gasteiger partial charge on any atom is -0.322 e. The lowest BCUT2D eigenvalue weighted by Gasteiger charge is -2.09. The van der Waals surface area contributed by atoms with Gasteiger partial charge in [0, 0.05) is 15.5 Å². The highest BCUT2D eigenvalue weighted by molar-refractivity contribution is 7.99. The van der Waals surface area contributed by atoms with E-state index in [9.17, 15) is 4.79 Å². The molecule has 0 aliphatic carbocycles. The Morgan fingerprint density at radius 3 is 2.45 bits per heavy atom. The summed E-state index contributed by atoms with van der Waals surface area (Å²) < 4.78 is 0. The average Bonchev–Trinajstić information content (AvgIpc) is 2.49. The summed E-state index contributed by atoms with van der Waals surface area (Å²) in [5.41, 5.74) is 1.55. The lowest BCUT2D eigenvalue weighted by Crippen LogP contribution is -2.12. The van der Waals surface area contributed by atoms with Crippen LogP contribution in [0.15, 0.2) is 58.3 Å². The number of amides is 1. The van der Waals surface area contributed by atoms with Crippen LogP contribution in [0.4, 0.5) is 5.69 Å². The molecule has 104 valence electrons. The summed E-state index contributed by atoms with van der Waals surface area (Å²) in [5, 5.41) is 2.95. The normalized spacial score (nSPS) is 10.3. The van der Waals surface area contributed by atoms with Gasteiger partial charge in [0.05, 0.1) is 5.56 Å². The van der Waals surface area contributed by atoms with E-state index in [1.54, 1.807) is 23.5 Å². The second kappa shape index (κ2) is 7.41. The van der Waals surface area contributed by atoms with E-state index in [1.165, 1.54) is 4.90 Å². The van der Waals surface area contributed by atoms with Crippen molar-refractivity contribution < 1.29 is 4.79 Å². The molecule has 20 heavy (non-hydrogen) atoms. The first kappa shape index (κ1) is 15.0. The van der Waals surface area contributed by atoms with Crippen LogP contribution in [0.3, 0.4) is 0 Å². The largest absolute Gasteiger partial charge is 0.322 e. The number of carbonyl (C=O) groups excluding carboxylic acids is 1. The molecule has 0 heterocycles. The SMILES string of the molecule is CCSc1ccccc1C(=O)Nc1ccc(SC)cc1. The molecule has 0 aliphatic heterocycles. The highest BCUT2D eigenvalue weighted by Gasteiger charge is 2.10. The van der Waals surface area contributed by atoms with Gasteiger partial charge in [0.2, 0.25) is 0 Å². The van der Waals surface area contributed by atoms with Crippen molar-refractivity contribution in [3.05, 3.63) is 54.1 Å². The van der Waals surface area contributed by atoms with E-state index >= 15 is 0 Å². The van der Waals surface area contributed by atoms with Crippen LogP contribution in [0.1, 0.15) is 17.3 Å². The van der Waals surface area contributed by atoms with Gasteiger partial charge in [0.25, 0.3) is 5.91 Å². The van der Waals surface area contributed by atoms with Crippen molar-refractivity contribution in [1.82, 2.24) is 0 Å². The molecular weight excluding hydrogens is 286 g/mol. The Morgan fingerprint density at radius 2 is 1.80 bits per heavy atom. The van der Waals surface area contributed by atoms with Gasteiger partial charge >= 0.3 is 0 Å². The third-order valence-electron chi connectivity index (χ3n) is 2.78. The quantitative estimate of drug-likeness (QED) is 0.806. The monoisotopic (exact) mass is 303 g/mol. The number of carbonyl (C=O) groups is 1. The molecule has 0 spiro atoms. The second-order valence-electron chi connectivity index (χ2n) is 4.11. The summed E-state index contributed by atoms with van der Waals surface area (Å²) >= 11 is 3.37. The van der Waals surface area contributed by atoms with E-state index < -0.39 is 0 Å². The number of thioether (sulfide) groups is 2. The third-order valence-corrected chi connectivity index (χ3v) is 4.48. The van der Waals surface area contributed by atoms with Gasteiger partial charge in [-0.2, -0.15) is 0 Å². The highest BCUT2D eigenvalue weighted by Crippen LogP contribution is 2.24. The number of rotatable bonds is 5. The molecule has 1 amide bonds. The Bertz CT molecular complexity index is 581. The molecule has 2 rings (SSSR count). The standard InChI is InChI=1S/C16H17NOS2/c1-3-20-15-7-5-4-6-14(15)16(18)17-12-8-10-13(19-2)11-9-12/h4-11H,3H2,1-2H3,(H,17,18). The van der Waals surface area contributed by atoms with Crippen molar-refractivity contribution in [2.75, 3.05) is 17.3 Å². The zero-order chi connectivity index (χ0) is 14.4. The molecule has 0 unspecified atom stereocenters. The number of hydrogen-bond acceptors (Lipinski definition) is 3. The topological polar surface area (TPSA) is 29.1 Å². The highest BCUT2D eigenvalue weighted by atomic mass is 32.2. The van der Waals surface area contributed by atoms with Crippen LogP contribution in [0, 0.1) is 0 Å². The van der Waals surface area contributed by atoms with Crippen molar-refractivity contribution in [2.45, 2.75) is 16.7 Å². The number of hydrogen-bond donors (Lipinski definition) is 1. The Kier molecular flexibility index (Phi) is 5.56. The molecule has 0 saturated carbocycles. The van der Waals surface area contributed by atoms with E-state index in [0.29, 0.717) is 0 Å². The molecule has 2 aromatic carbocycles. The zero-order valence-electron chi connectivity index (χ0n) is 11.6. The van der Waals surface area contributed by atoms with Gasteiger partial charge in [-0.05, 0) is 48.4 Å². The maximum Gasteiger partial charge on any atom is 0.256 e. The Balaban J connectivity index is 2.15.